The van der Waals surface area contributed by atoms with Gasteiger partial charge in [-0.25, -0.2) is 9.98 Å². The van der Waals surface area contributed by atoms with Crippen molar-refractivity contribution in [1.82, 2.24) is 9.13 Å². The molecule has 3 aromatic heterocycles. The van der Waals surface area contributed by atoms with Gasteiger partial charge < -0.3 is 13.6 Å². The van der Waals surface area contributed by atoms with Crippen molar-refractivity contribution < 1.29 is 4.42 Å². The van der Waals surface area contributed by atoms with Gasteiger partial charge in [0.15, 0.2) is 5.84 Å². The molecule has 0 saturated heterocycles. The fourth-order valence-corrected chi connectivity index (χ4v) is 11.7. The molecule has 0 radical (unpaired) electrons. The molecule has 342 valence electrons. The maximum atomic E-state index is 7.17. The summed E-state index contributed by atoms with van der Waals surface area (Å²) in [5.74, 6) is 0.646. The fourth-order valence-electron chi connectivity index (χ4n) is 11.7. The number of benzene rings is 11. The number of furan rings is 1. The van der Waals surface area contributed by atoms with E-state index in [0.29, 0.717) is 12.3 Å². The van der Waals surface area contributed by atoms with Crippen molar-refractivity contribution in [3.05, 3.63) is 259 Å². The Morgan fingerprint density at radius 2 is 0.973 bits per heavy atom. The van der Waals surface area contributed by atoms with Crippen LogP contribution >= 0.6 is 0 Å². The van der Waals surface area contributed by atoms with Gasteiger partial charge in [0.05, 0.1) is 33.5 Å². The van der Waals surface area contributed by atoms with Crippen LogP contribution in [0.25, 0.3) is 115 Å². The van der Waals surface area contributed by atoms with E-state index in [9.17, 15) is 0 Å². The van der Waals surface area contributed by atoms with Crippen LogP contribution in [-0.2, 0) is 0 Å². The zero-order chi connectivity index (χ0) is 48.1. The monoisotopic (exact) mass is 932 g/mol. The van der Waals surface area contributed by atoms with E-state index in [1.165, 1.54) is 32.3 Å². The summed E-state index contributed by atoms with van der Waals surface area (Å²) in [6.45, 7) is 2.23. The third-order valence-electron chi connectivity index (χ3n) is 15.0. The number of hydrogen-bond donors (Lipinski definition) is 0. The number of allylic oxidation sites excluding steroid dienone is 1. The Labute approximate surface area is 420 Å². The predicted molar refractivity (Wildman–Crippen MR) is 306 cm³/mol. The molecule has 0 unspecified atom stereocenters. The Balaban J connectivity index is 1.02. The summed E-state index contributed by atoms with van der Waals surface area (Å²) in [5.41, 5.74) is 16.4. The first-order valence-corrected chi connectivity index (χ1v) is 25.0. The van der Waals surface area contributed by atoms with Gasteiger partial charge in [0.25, 0.3) is 0 Å². The number of hydrogen-bond acceptors (Lipinski definition) is 3. The molecule has 0 atom stereocenters. The Bertz CT molecular complexity index is 4700. The third kappa shape index (κ3) is 6.56. The lowest BCUT2D eigenvalue weighted by atomic mass is 9.95. The van der Waals surface area contributed by atoms with Crippen molar-refractivity contribution in [1.29, 1.82) is 0 Å². The second-order valence-electron chi connectivity index (χ2n) is 19.4. The van der Waals surface area contributed by atoms with E-state index in [4.69, 9.17) is 14.4 Å². The Kier molecular flexibility index (Phi) is 9.17. The van der Waals surface area contributed by atoms with Gasteiger partial charge in [0.2, 0.25) is 0 Å². The molecule has 0 N–H and O–H groups in total. The molecule has 0 aliphatic carbocycles. The lowest BCUT2D eigenvalue weighted by Gasteiger charge is -2.14. The molecular formula is C68H44N4O. The minimum Gasteiger partial charge on any atom is -0.455 e. The maximum absolute atomic E-state index is 7.17. The number of fused-ring (bicyclic) bond motifs is 11. The van der Waals surface area contributed by atoms with Crippen LogP contribution in [0.4, 0.5) is 0 Å². The quantitative estimate of drug-likeness (QED) is 0.164. The molecule has 5 nitrogen and oxygen atoms in total. The van der Waals surface area contributed by atoms with Crippen LogP contribution in [0.5, 0.6) is 0 Å². The summed E-state index contributed by atoms with van der Waals surface area (Å²) in [6, 6.07) is 85.1. The number of para-hydroxylation sites is 3. The highest BCUT2D eigenvalue weighted by Crippen LogP contribution is 2.44. The summed E-state index contributed by atoms with van der Waals surface area (Å²) in [5, 5.41) is 11.6. The average molecular weight is 933 g/mol. The molecule has 15 rings (SSSR count). The van der Waals surface area contributed by atoms with Crippen LogP contribution in [-0.4, -0.2) is 20.7 Å². The van der Waals surface area contributed by atoms with Crippen LogP contribution < -0.4 is 0 Å². The summed E-state index contributed by atoms with van der Waals surface area (Å²) in [7, 11) is 0. The molecule has 1 aliphatic heterocycles. The molecule has 1 aliphatic rings. The Morgan fingerprint density at radius 1 is 0.384 bits per heavy atom. The Morgan fingerprint density at radius 3 is 1.75 bits per heavy atom. The van der Waals surface area contributed by atoms with Crippen molar-refractivity contribution in [2.75, 3.05) is 0 Å². The van der Waals surface area contributed by atoms with Crippen LogP contribution in [0.1, 0.15) is 30.0 Å². The fraction of sp³-hybridized carbons (Fsp3) is 0.0294. The van der Waals surface area contributed by atoms with Crippen molar-refractivity contribution in [3.8, 4) is 22.5 Å². The third-order valence-corrected chi connectivity index (χ3v) is 15.0. The largest absolute Gasteiger partial charge is 0.455 e. The van der Waals surface area contributed by atoms with Crippen molar-refractivity contribution in [3.63, 3.8) is 0 Å². The highest BCUT2D eigenvalue weighted by Gasteiger charge is 2.26. The second-order valence-corrected chi connectivity index (χ2v) is 19.4. The van der Waals surface area contributed by atoms with Gasteiger partial charge in [-0.1, -0.05) is 164 Å². The van der Waals surface area contributed by atoms with Crippen LogP contribution in [0.2, 0.25) is 0 Å². The molecule has 14 aromatic rings. The summed E-state index contributed by atoms with van der Waals surface area (Å²) >= 11 is 0. The van der Waals surface area contributed by atoms with E-state index in [-0.39, 0.29) is 0 Å². The van der Waals surface area contributed by atoms with Crippen LogP contribution in [0.3, 0.4) is 0 Å². The van der Waals surface area contributed by atoms with Gasteiger partial charge >= 0.3 is 0 Å². The zero-order valence-corrected chi connectivity index (χ0v) is 39.9. The number of rotatable bonds is 6. The molecule has 0 saturated carbocycles. The first-order valence-electron chi connectivity index (χ1n) is 25.0. The van der Waals surface area contributed by atoms with Gasteiger partial charge in [-0.3, -0.25) is 0 Å². The van der Waals surface area contributed by atoms with Gasteiger partial charge in [0.1, 0.15) is 11.2 Å². The molecule has 73 heavy (non-hydrogen) atoms. The highest BCUT2D eigenvalue weighted by molar-refractivity contribution is 6.25. The normalized spacial score (nSPS) is 13.3. The van der Waals surface area contributed by atoms with Gasteiger partial charge in [-0.15, -0.1) is 0 Å². The predicted octanol–water partition coefficient (Wildman–Crippen LogP) is 17.8. The maximum Gasteiger partial charge on any atom is 0.160 e. The summed E-state index contributed by atoms with van der Waals surface area (Å²) in [4.78, 5) is 11.5. The lowest BCUT2D eigenvalue weighted by Crippen LogP contribution is -2.07. The standard InChI is InChI=1S/C68H44N4O/c1-42-34-59(53-30-17-33-62-65(53)54-29-13-15-32-61(54)71(62)50-26-6-3-7-27-50)69-68(49-25-16-24-44(35-49)43-18-4-2-5-19-43)70-66(42)58-41-51(40-57-56-37-46-21-9-11-23-48(46)39-64(56)73-67(57)58)72-60-31-14-12-28-52(60)55-36-45-20-8-10-22-47(45)38-63(55)72/h2-33,35-41H,34H2,1H3. The van der Waals surface area contributed by atoms with Crippen LogP contribution in [0.15, 0.2) is 257 Å². The summed E-state index contributed by atoms with van der Waals surface area (Å²) < 4.78 is 12.0. The molecule has 4 heterocycles. The van der Waals surface area contributed by atoms with Crippen molar-refractivity contribution >= 4 is 104 Å². The summed E-state index contributed by atoms with van der Waals surface area (Å²) in [6.07, 6.45) is 0.557. The molecule has 0 spiro atoms. The van der Waals surface area contributed by atoms with Crippen molar-refractivity contribution in [2.45, 2.75) is 13.3 Å². The molecule has 11 aromatic carbocycles. The number of nitrogens with zero attached hydrogens (tertiary/aromatic N) is 4. The average Bonchev–Trinajstić information content (AvgIpc) is 4.06. The van der Waals surface area contributed by atoms with E-state index >= 15 is 0 Å². The first kappa shape index (κ1) is 41.2. The van der Waals surface area contributed by atoms with E-state index < -0.39 is 0 Å². The number of aromatic nitrogens is 2. The Hall–Kier alpha value is -9.58. The smallest absolute Gasteiger partial charge is 0.160 e. The minimum atomic E-state index is 0.557. The molecule has 0 amide bonds. The molecular weight excluding hydrogens is 889 g/mol. The number of amidine groups is 1. The van der Waals surface area contributed by atoms with Crippen molar-refractivity contribution in [2.24, 2.45) is 9.98 Å². The molecule has 0 fully saturated rings. The SMILES string of the molecule is CC1=C(c2cc(-n3c4ccccc4c4cc5ccccc5cc43)cc3c2oc2cc4ccccc4cc23)N=C(c2cccc(-c3ccccc3)c2)N=C(c2cccc3c2c2ccccc2n3-c2ccccc2)C1. The molecule has 5 heteroatoms. The zero-order valence-electron chi connectivity index (χ0n) is 39.9. The number of aliphatic imine (C=N–C) groups is 2. The topological polar surface area (TPSA) is 47.7 Å². The molecule has 0 bridgehead atoms. The van der Waals surface area contributed by atoms with Crippen LogP contribution in [0, 0.1) is 0 Å². The van der Waals surface area contributed by atoms with E-state index in [1.807, 2.05) is 0 Å². The first-order chi connectivity index (χ1) is 36.1. The second kappa shape index (κ2) is 16.2. The minimum absolute atomic E-state index is 0.557. The highest BCUT2D eigenvalue weighted by atomic mass is 16.3. The van der Waals surface area contributed by atoms with Gasteiger partial charge in [0, 0.05) is 66.8 Å². The van der Waals surface area contributed by atoms with E-state index in [1.54, 1.807) is 0 Å². The van der Waals surface area contributed by atoms with E-state index in [2.05, 4.69) is 253 Å². The van der Waals surface area contributed by atoms with E-state index in [0.717, 1.165) is 111 Å². The lowest BCUT2D eigenvalue weighted by molar-refractivity contribution is 0.668. The van der Waals surface area contributed by atoms with Gasteiger partial charge in [-0.05, 0) is 118 Å². The van der Waals surface area contributed by atoms with Gasteiger partial charge in [-0.2, -0.15) is 0 Å².